The molecule has 0 atom stereocenters. The van der Waals surface area contributed by atoms with E-state index in [4.69, 9.17) is 4.98 Å². The maximum absolute atomic E-state index is 4.72. The normalized spacial score (nSPS) is 15.2. The Hall–Kier alpha value is -2.41. The maximum atomic E-state index is 4.72. The molecule has 0 fully saturated rings. The molecule has 0 bridgehead atoms. The summed E-state index contributed by atoms with van der Waals surface area (Å²) in [5.74, 6) is 0. The molecule has 1 aliphatic rings. The Labute approximate surface area is 136 Å². The van der Waals surface area contributed by atoms with Crippen LogP contribution in [0.15, 0.2) is 54.7 Å². The molecular formula is C22H19N. The third-order valence-corrected chi connectivity index (χ3v) is 5.97. The standard InChI is InChI=1S/C22H19N/c1-3-22(4-2)17-11-5-8-14-15-10-7-13-23-21(15)16-9-6-12-18(22)20(16)19(14)17/h5-13H,3-4H2,1-2H3. The molecule has 5 rings (SSSR count). The van der Waals surface area contributed by atoms with E-state index in [-0.39, 0.29) is 5.41 Å². The molecule has 1 aliphatic carbocycles. The summed E-state index contributed by atoms with van der Waals surface area (Å²) < 4.78 is 0. The zero-order valence-electron chi connectivity index (χ0n) is 13.6. The van der Waals surface area contributed by atoms with Crippen molar-refractivity contribution >= 4 is 32.4 Å². The third-order valence-electron chi connectivity index (χ3n) is 5.97. The Kier molecular flexibility index (Phi) is 2.45. The molecule has 0 amide bonds. The minimum Gasteiger partial charge on any atom is -0.256 e. The molecule has 0 N–H and O–H groups in total. The van der Waals surface area contributed by atoms with Gasteiger partial charge in [0.2, 0.25) is 0 Å². The van der Waals surface area contributed by atoms with Gasteiger partial charge in [-0.25, -0.2) is 0 Å². The number of pyridine rings is 1. The Morgan fingerprint density at radius 3 is 2.04 bits per heavy atom. The SMILES string of the molecule is CCC1(CC)c2cccc3c4cccnc4c4cccc1c4c23. The molecule has 4 aromatic rings. The summed E-state index contributed by atoms with van der Waals surface area (Å²) in [4.78, 5) is 4.72. The average Bonchev–Trinajstić information content (AvgIpc) is 2.92. The van der Waals surface area contributed by atoms with Gasteiger partial charge in [-0.15, -0.1) is 0 Å². The van der Waals surface area contributed by atoms with Crippen LogP contribution in [0.4, 0.5) is 0 Å². The molecule has 1 heteroatoms. The third kappa shape index (κ3) is 1.37. The smallest absolute Gasteiger partial charge is 0.0786 e. The molecule has 112 valence electrons. The Bertz CT molecular complexity index is 1000. The summed E-state index contributed by atoms with van der Waals surface area (Å²) in [6, 6.07) is 17.9. The number of fused-ring (bicyclic) bond motifs is 3. The van der Waals surface area contributed by atoms with Gasteiger partial charge in [0.15, 0.2) is 0 Å². The van der Waals surface area contributed by atoms with Crippen molar-refractivity contribution in [3.63, 3.8) is 0 Å². The van der Waals surface area contributed by atoms with Gasteiger partial charge in [0.1, 0.15) is 0 Å². The molecule has 0 aliphatic heterocycles. The van der Waals surface area contributed by atoms with Crippen molar-refractivity contribution < 1.29 is 0 Å². The van der Waals surface area contributed by atoms with Crippen molar-refractivity contribution in [2.45, 2.75) is 32.1 Å². The second kappa shape index (κ2) is 4.32. The number of hydrogen-bond acceptors (Lipinski definition) is 1. The molecule has 0 unspecified atom stereocenters. The van der Waals surface area contributed by atoms with Gasteiger partial charge in [-0.3, -0.25) is 4.98 Å². The van der Waals surface area contributed by atoms with E-state index in [9.17, 15) is 0 Å². The highest BCUT2D eigenvalue weighted by Gasteiger charge is 2.39. The largest absolute Gasteiger partial charge is 0.256 e. The van der Waals surface area contributed by atoms with Gasteiger partial charge in [-0.2, -0.15) is 0 Å². The van der Waals surface area contributed by atoms with Crippen LogP contribution in [0.2, 0.25) is 0 Å². The number of nitrogens with zero attached hydrogens (tertiary/aromatic N) is 1. The van der Waals surface area contributed by atoms with E-state index < -0.39 is 0 Å². The van der Waals surface area contributed by atoms with E-state index in [1.54, 1.807) is 0 Å². The van der Waals surface area contributed by atoms with Gasteiger partial charge in [0.25, 0.3) is 0 Å². The van der Waals surface area contributed by atoms with Crippen molar-refractivity contribution in [1.82, 2.24) is 4.98 Å². The molecule has 0 saturated heterocycles. The van der Waals surface area contributed by atoms with Crippen LogP contribution in [0.1, 0.15) is 37.8 Å². The number of aromatic nitrogens is 1. The zero-order chi connectivity index (χ0) is 15.6. The monoisotopic (exact) mass is 297 g/mol. The maximum Gasteiger partial charge on any atom is 0.0786 e. The fourth-order valence-corrected chi connectivity index (χ4v) is 4.86. The molecule has 0 radical (unpaired) electrons. The van der Waals surface area contributed by atoms with Gasteiger partial charge < -0.3 is 0 Å². The molecule has 23 heavy (non-hydrogen) atoms. The average molecular weight is 297 g/mol. The van der Waals surface area contributed by atoms with Crippen LogP contribution in [0.25, 0.3) is 32.4 Å². The van der Waals surface area contributed by atoms with Crippen molar-refractivity contribution in [3.05, 3.63) is 65.9 Å². The van der Waals surface area contributed by atoms with Gasteiger partial charge in [-0.1, -0.05) is 56.3 Å². The van der Waals surface area contributed by atoms with E-state index in [1.165, 1.54) is 38.1 Å². The number of rotatable bonds is 2. The van der Waals surface area contributed by atoms with Crippen LogP contribution in [-0.2, 0) is 5.41 Å². The summed E-state index contributed by atoms with van der Waals surface area (Å²) >= 11 is 0. The Balaban J connectivity index is 2.18. The lowest BCUT2D eigenvalue weighted by atomic mass is 9.73. The molecular weight excluding hydrogens is 278 g/mol. The van der Waals surface area contributed by atoms with E-state index in [0.29, 0.717) is 0 Å². The van der Waals surface area contributed by atoms with Crippen LogP contribution < -0.4 is 0 Å². The lowest BCUT2D eigenvalue weighted by molar-refractivity contribution is 0.492. The van der Waals surface area contributed by atoms with E-state index in [2.05, 4.69) is 62.4 Å². The Morgan fingerprint density at radius 1 is 0.739 bits per heavy atom. The second-order valence-electron chi connectivity index (χ2n) is 6.65. The van der Waals surface area contributed by atoms with E-state index >= 15 is 0 Å². The van der Waals surface area contributed by atoms with Crippen LogP contribution in [0.3, 0.4) is 0 Å². The Morgan fingerprint density at radius 2 is 1.35 bits per heavy atom. The van der Waals surface area contributed by atoms with Gasteiger partial charge in [-0.05, 0) is 46.2 Å². The second-order valence-corrected chi connectivity index (χ2v) is 6.65. The minimum atomic E-state index is 0.152. The van der Waals surface area contributed by atoms with Crippen LogP contribution in [0.5, 0.6) is 0 Å². The van der Waals surface area contributed by atoms with Crippen molar-refractivity contribution in [2.24, 2.45) is 0 Å². The summed E-state index contributed by atoms with van der Waals surface area (Å²) in [5.41, 5.74) is 4.30. The number of hydrogen-bond donors (Lipinski definition) is 0. The predicted molar refractivity (Wildman–Crippen MR) is 98.1 cm³/mol. The lowest BCUT2D eigenvalue weighted by Gasteiger charge is -2.29. The lowest BCUT2D eigenvalue weighted by Crippen LogP contribution is -2.23. The van der Waals surface area contributed by atoms with Crippen molar-refractivity contribution in [3.8, 4) is 0 Å². The first kappa shape index (κ1) is 13.1. The first-order valence-electron chi connectivity index (χ1n) is 8.55. The zero-order valence-corrected chi connectivity index (χ0v) is 13.6. The highest BCUT2D eigenvalue weighted by atomic mass is 14.7. The first-order chi connectivity index (χ1) is 11.3. The van der Waals surface area contributed by atoms with Crippen molar-refractivity contribution in [1.29, 1.82) is 0 Å². The topological polar surface area (TPSA) is 12.9 Å². The molecule has 3 aromatic carbocycles. The van der Waals surface area contributed by atoms with Crippen LogP contribution in [-0.4, -0.2) is 4.98 Å². The molecule has 0 saturated carbocycles. The molecule has 1 aromatic heterocycles. The summed E-state index contributed by atoms with van der Waals surface area (Å²) in [5, 5.41) is 6.84. The quantitative estimate of drug-likeness (QED) is 0.416. The molecule has 0 spiro atoms. The molecule has 1 heterocycles. The number of benzene rings is 3. The first-order valence-corrected chi connectivity index (χ1v) is 8.55. The fraction of sp³-hybridized carbons (Fsp3) is 0.227. The summed E-state index contributed by atoms with van der Waals surface area (Å²) in [6.45, 7) is 4.65. The predicted octanol–water partition coefficient (Wildman–Crippen LogP) is 5.96. The van der Waals surface area contributed by atoms with E-state index in [0.717, 1.165) is 18.4 Å². The van der Waals surface area contributed by atoms with Gasteiger partial charge in [0.05, 0.1) is 5.52 Å². The summed E-state index contributed by atoms with van der Waals surface area (Å²) in [7, 11) is 0. The minimum absolute atomic E-state index is 0.152. The summed E-state index contributed by atoms with van der Waals surface area (Å²) in [6.07, 6.45) is 4.19. The molecule has 1 nitrogen and oxygen atoms in total. The van der Waals surface area contributed by atoms with Crippen LogP contribution >= 0.6 is 0 Å². The van der Waals surface area contributed by atoms with Crippen molar-refractivity contribution in [2.75, 3.05) is 0 Å². The van der Waals surface area contributed by atoms with Gasteiger partial charge >= 0.3 is 0 Å². The van der Waals surface area contributed by atoms with Crippen LogP contribution in [0, 0.1) is 0 Å². The highest BCUT2D eigenvalue weighted by Crippen LogP contribution is 2.53. The van der Waals surface area contributed by atoms with Gasteiger partial charge in [0, 0.05) is 22.4 Å². The fourth-order valence-electron chi connectivity index (χ4n) is 4.86. The van der Waals surface area contributed by atoms with E-state index in [1.807, 2.05) is 6.20 Å². The highest BCUT2D eigenvalue weighted by molar-refractivity contribution is 6.27.